The van der Waals surface area contributed by atoms with Crippen molar-refractivity contribution in [2.24, 2.45) is 0 Å². The van der Waals surface area contributed by atoms with E-state index in [0.717, 1.165) is 0 Å². The van der Waals surface area contributed by atoms with Gasteiger partial charge in [-0.2, -0.15) is 0 Å². The monoisotopic (exact) mass is 313 g/mol. The van der Waals surface area contributed by atoms with E-state index in [0.29, 0.717) is 32.7 Å². The topological polar surface area (TPSA) is 86.9 Å². The average molecular weight is 314 g/mol. The van der Waals surface area contributed by atoms with E-state index in [1.54, 1.807) is 4.90 Å². The fourth-order valence-electron chi connectivity index (χ4n) is 2.35. The Bertz CT molecular complexity index is 544. The Morgan fingerprint density at radius 3 is 2.57 bits per heavy atom. The summed E-state index contributed by atoms with van der Waals surface area (Å²) in [5.74, 6) is -0.420. The molecule has 21 heavy (non-hydrogen) atoms. The number of halogens is 1. The van der Waals surface area contributed by atoms with Crippen LogP contribution in [0.5, 0.6) is 0 Å². The summed E-state index contributed by atoms with van der Waals surface area (Å²) in [6.07, 6.45) is 0. The summed E-state index contributed by atoms with van der Waals surface area (Å²) in [5.41, 5.74) is -0.329. The number of amides is 1. The molecule has 114 valence electrons. The number of aliphatic hydroxyl groups is 1. The lowest BCUT2D eigenvalue weighted by atomic mass is 10.1. The SMILES string of the molecule is O=C(c1c(Cl)cccc1[N+](=O)[O-])N1CCN(CCO)CC1. The van der Waals surface area contributed by atoms with E-state index in [1.807, 2.05) is 4.90 Å². The Kier molecular flexibility index (Phi) is 5.11. The number of nitro benzene ring substituents is 1. The van der Waals surface area contributed by atoms with Gasteiger partial charge in [0.2, 0.25) is 0 Å². The molecule has 1 saturated heterocycles. The largest absolute Gasteiger partial charge is 0.395 e. The van der Waals surface area contributed by atoms with Crippen molar-refractivity contribution >= 4 is 23.2 Å². The number of benzene rings is 1. The van der Waals surface area contributed by atoms with Gasteiger partial charge in [0.1, 0.15) is 5.56 Å². The molecule has 8 heteroatoms. The molecule has 0 saturated carbocycles. The highest BCUT2D eigenvalue weighted by Crippen LogP contribution is 2.27. The maximum atomic E-state index is 12.5. The summed E-state index contributed by atoms with van der Waals surface area (Å²) in [6, 6.07) is 4.21. The van der Waals surface area contributed by atoms with Crippen LogP contribution in [0.2, 0.25) is 5.02 Å². The second-order valence-electron chi connectivity index (χ2n) is 4.75. The average Bonchev–Trinajstić information content (AvgIpc) is 2.47. The first-order valence-electron chi connectivity index (χ1n) is 6.60. The first-order chi connectivity index (χ1) is 10.0. The first-order valence-corrected chi connectivity index (χ1v) is 6.97. The first kappa shape index (κ1) is 15.7. The predicted octanol–water partition coefficient (Wildman–Crippen LogP) is 0.998. The van der Waals surface area contributed by atoms with E-state index >= 15 is 0 Å². The standard InChI is InChI=1S/C13H16ClN3O4/c14-10-2-1-3-11(17(20)21)12(10)13(19)16-6-4-15(5-7-16)8-9-18/h1-3,18H,4-9H2. The minimum Gasteiger partial charge on any atom is -0.395 e. The second-order valence-corrected chi connectivity index (χ2v) is 5.16. The second kappa shape index (κ2) is 6.84. The molecule has 1 heterocycles. The normalized spacial score (nSPS) is 16.0. The van der Waals surface area contributed by atoms with Crippen molar-refractivity contribution in [2.75, 3.05) is 39.3 Å². The van der Waals surface area contributed by atoms with Gasteiger partial charge < -0.3 is 10.0 Å². The molecule has 1 aromatic rings. The van der Waals surface area contributed by atoms with Crippen LogP contribution in [0.3, 0.4) is 0 Å². The van der Waals surface area contributed by atoms with Crippen molar-refractivity contribution in [3.8, 4) is 0 Å². The molecule has 1 amide bonds. The number of piperazine rings is 1. The number of carbonyl (C=O) groups excluding carboxylic acids is 1. The lowest BCUT2D eigenvalue weighted by Gasteiger charge is -2.34. The fraction of sp³-hybridized carbons (Fsp3) is 0.462. The number of nitrogens with zero attached hydrogens (tertiary/aromatic N) is 3. The molecule has 0 unspecified atom stereocenters. The van der Waals surface area contributed by atoms with Gasteiger partial charge in [-0.1, -0.05) is 17.7 Å². The third-order valence-electron chi connectivity index (χ3n) is 3.48. The molecule has 2 rings (SSSR count). The Labute approximate surface area is 126 Å². The summed E-state index contributed by atoms with van der Waals surface area (Å²) in [6.45, 7) is 2.82. The Balaban J connectivity index is 2.16. The molecule has 0 atom stereocenters. The van der Waals surface area contributed by atoms with Crippen molar-refractivity contribution in [3.63, 3.8) is 0 Å². The van der Waals surface area contributed by atoms with E-state index in [1.165, 1.54) is 18.2 Å². The van der Waals surface area contributed by atoms with Crippen molar-refractivity contribution in [1.29, 1.82) is 0 Å². The smallest absolute Gasteiger partial charge is 0.283 e. The number of hydrogen-bond donors (Lipinski definition) is 1. The summed E-state index contributed by atoms with van der Waals surface area (Å²) in [4.78, 5) is 26.5. The van der Waals surface area contributed by atoms with Crippen LogP contribution >= 0.6 is 11.6 Å². The van der Waals surface area contributed by atoms with Crippen LogP contribution < -0.4 is 0 Å². The number of β-amino-alcohol motifs (C(OH)–C–C–N with tert-alkyl or cyclic N) is 1. The van der Waals surface area contributed by atoms with E-state index in [4.69, 9.17) is 16.7 Å². The third kappa shape index (κ3) is 3.49. The zero-order chi connectivity index (χ0) is 15.4. The van der Waals surface area contributed by atoms with E-state index in [2.05, 4.69) is 0 Å². The van der Waals surface area contributed by atoms with Crippen LogP contribution in [0.25, 0.3) is 0 Å². The summed E-state index contributed by atoms with van der Waals surface area (Å²) in [7, 11) is 0. The van der Waals surface area contributed by atoms with E-state index in [-0.39, 0.29) is 22.9 Å². The van der Waals surface area contributed by atoms with Crippen LogP contribution in [0.15, 0.2) is 18.2 Å². The number of nitro groups is 1. The van der Waals surface area contributed by atoms with Crippen molar-refractivity contribution in [1.82, 2.24) is 9.80 Å². The lowest BCUT2D eigenvalue weighted by Crippen LogP contribution is -2.49. The Morgan fingerprint density at radius 1 is 1.33 bits per heavy atom. The molecular formula is C13H16ClN3O4. The van der Waals surface area contributed by atoms with Gasteiger partial charge in [0, 0.05) is 38.8 Å². The molecule has 1 N–H and O–H groups in total. The van der Waals surface area contributed by atoms with Crippen LogP contribution in [-0.4, -0.2) is 65.1 Å². The van der Waals surface area contributed by atoms with Gasteiger partial charge in [-0.05, 0) is 6.07 Å². The zero-order valence-electron chi connectivity index (χ0n) is 11.4. The molecule has 1 aliphatic heterocycles. The quantitative estimate of drug-likeness (QED) is 0.662. The molecular weight excluding hydrogens is 298 g/mol. The number of hydrogen-bond acceptors (Lipinski definition) is 5. The van der Waals surface area contributed by atoms with Gasteiger partial charge in [0.25, 0.3) is 11.6 Å². The number of aliphatic hydroxyl groups excluding tert-OH is 1. The molecule has 1 aromatic carbocycles. The van der Waals surface area contributed by atoms with Crippen molar-refractivity contribution in [2.45, 2.75) is 0 Å². The minimum absolute atomic E-state index is 0.0558. The lowest BCUT2D eigenvalue weighted by molar-refractivity contribution is -0.385. The Hall–Kier alpha value is -1.70. The summed E-state index contributed by atoms with van der Waals surface area (Å²) >= 11 is 5.97. The summed E-state index contributed by atoms with van der Waals surface area (Å²) in [5, 5.41) is 20.0. The molecule has 0 spiro atoms. The van der Waals surface area contributed by atoms with Gasteiger partial charge in [-0.25, -0.2) is 0 Å². The highest BCUT2D eigenvalue weighted by Gasteiger charge is 2.29. The van der Waals surface area contributed by atoms with Crippen LogP contribution in [0.1, 0.15) is 10.4 Å². The minimum atomic E-state index is -0.596. The fourth-order valence-corrected chi connectivity index (χ4v) is 2.60. The zero-order valence-corrected chi connectivity index (χ0v) is 12.1. The molecule has 0 aliphatic carbocycles. The van der Waals surface area contributed by atoms with Crippen LogP contribution in [0.4, 0.5) is 5.69 Å². The maximum Gasteiger partial charge on any atom is 0.283 e. The van der Waals surface area contributed by atoms with Gasteiger partial charge in [-0.3, -0.25) is 19.8 Å². The number of carbonyl (C=O) groups is 1. The van der Waals surface area contributed by atoms with Crippen LogP contribution in [-0.2, 0) is 0 Å². The van der Waals surface area contributed by atoms with Gasteiger partial charge in [-0.15, -0.1) is 0 Å². The molecule has 0 radical (unpaired) electrons. The van der Waals surface area contributed by atoms with Gasteiger partial charge in [0.05, 0.1) is 16.6 Å². The highest BCUT2D eigenvalue weighted by atomic mass is 35.5. The van der Waals surface area contributed by atoms with Gasteiger partial charge >= 0.3 is 0 Å². The van der Waals surface area contributed by atoms with E-state index < -0.39 is 10.8 Å². The molecule has 1 fully saturated rings. The molecule has 0 bridgehead atoms. The highest BCUT2D eigenvalue weighted by molar-refractivity contribution is 6.34. The molecule has 7 nitrogen and oxygen atoms in total. The van der Waals surface area contributed by atoms with Gasteiger partial charge in [0.15, 0.2) is 0 Å². The van der Waals surface area contributed by atoms with Crippen LogP contribution in [0, 0.1) is 10.1 Å². The summed E-state index contributed by atoms with van der Waals surface area (Å²) < 4.78 is 0. The third-order valence-corrected chi connectivity index (χ3v) is 3.79. The molecule has 0 aromatic heterocycles. The van der Waals surface area contributed by atoms with E-state index in [9.17, 15) is 14.9 Å². The maximum absolute atomic E-state index is 12.5. The van der Waals surface area contributed by atoms with Crippen molar-refractivity contribution < 1.29 is 14.8 Å². The molecule has 1 aliphatic rings. The Morgan fingerprint density at radius 2 is 2.00 bits per heavy atom. The number of rotatable bonds is 4. The predicted molar refractivity (Wildman–Crippen MR) is 77.5 cm³/mol. The van der Waals surface area contributed by atoms with Crippen molar-refractivity contribution in [3.05, 3.63) is 38.9 Å².